The van der Waals surface area contributed by atoms with Crippen LogP contribution in [0.25, 0.3) is 0 Å². The Hall–Kier alpha value is -0.460. The third kappa shape index (κ3) is 6.12. The van der Waals surface area contributed by atoms with E-state index >= 15 is 0 Å². The average Bonchev–Trinajstić information content (AvgIpc) is 2.34. The minimum Gasteiger partial charge on any atom is -0.598 e. The van der Waals surface area contributed by atoms with Crippen LogP contribution in [0, 0.1) is 11.3 Å². The van der Waals surface area contributed by atoms with Crippen LogP contribution in [0.1, 0.15) is 74.1 Å². The van der Waals surface area contributed by atoms with Gasteiger partial charge in [0.2, 0.25) is 0 Å². The maximum Gasteiger partial charge on any atom is 0.407 e. The molecule has 1 aliphatic heterocycles. The summed E-state index contributed by atoms with van der Waals surface area (Å²) in [6.07, 6.45) is 2.83. The fourth-order valence-corrected chi connectivity index (χ4v) is 4.31. The first-order valence-electron chi connectivity index (χ1n) is 9.01. The molecule has 0 bridgehead atoms. The lowest BCUT2D eigenvalue weighted by Gasteiger charge is -2.42. The van der Waals surface area contributed by atoms with Gasteiger partial charge in [-0.1, -0.05) is 20.8 Å². The van der Waals surface area contributed by atoms with Gasteiger partial charge in [0, 0.05) is 23.9 Å². The van der Waals surface area contributed by atoms with Crippen molar-refractivity contribution in [3.63, 3.8) is 0 Å². The summed E-state index contributed by atoms with van der Waals surface area (Å²) in [6, 6.07) is 0.195. The van der Waals surface area contributed by atoms with Crippen LogP contribution in [0.5, 0.6) is 0 Å². The van der Waals surface area contributed by atoms with E-state index in [1.807, 2.05) is 20.8 Å². The molecule has 2 N–H and O–H groups in total. The molecular weight excluding hydrogens is 324 g/mol. The second-order valence-corrected chi connectivity index (χ2v) is 11.1. The molecule has 142 valence electrons. The number of amides is 1. The molecule has 4 atom stereocenters. The van der Waals surface area contributed by atoms with Crippen LogP contribution < -0.4 is 4.72 Å². The van der Waals surface area contributed by atoms with Crippen molar-refractivity contribution in [1.29, 1.82) is 0 Å². The molecule has 0 aromatic carbocycles. The number of hydrogen-bond donors (Lipinski definition) is 2. The molecule has 0 aromatic heterocycles. The van der Waals surface area contributed by atoms with Crippen molar-refractivity contribution in [2.45, 2.75) is 91.0 Å². The van der Waals surface area contributed by atoms with Crippen molar-refractivity contribution in [2.24, 2.45) is 11.3 Å². The summed E-state index contributed by atoms with van der Waals surface area (Å²) in [5, 5.41) is 9.55. The largest absolute Gasteiger partial charge is 0.598 e. The Morgan fingerprint density at radius 1 is 1.21 bits per heavy atom. The van der Waals surface area contributed by atoms with E-state index in [2.05, 4.69) is 32.4 Å². The maximum absolute atomic E-state index is 12.4. The number of carboxylic acid groups (broad SMARTS) is 1. The van der Waals surface area contributed by atoms with E-state index in [9.17, 15) is 14.5 Å². The van der Waals surface area contributed by atoms with Crippen molar-refractivity contribution in [1.82, 2.24) is 9.62 Å². The van der Waals surface area contributed by atoms with Gasteiger partial charge in [0.05, 0.1) is 6.04 Å². The molecule has 1 saturated heterocycles. The highest BCUT2D eigenvalue weighted by Gasteiger charge is 2.37. The van der Waals surface area contributed by atoms with Crippen molar-refractivity contribution < 1.29 is 14.5 Å². The molecule has 0 aromatic rings. The highest BCUT2D eigenvalue weighted by molar-refractivity contribution is 7.90. The van der Waals surface area contributed by atoms with Crippen molar-refractivity contribution in [3.05, 3.63) is 0 Å². The topological polar surface area (TPSA) is 75.6 Å². The smallest absolute Gasteiger partial charge is 0.407 e. The van der Waals surface area contributed by atoms with E-state index in [0.717, 1.165) is 25.7 Å². The molecule has 0 radical (unpaired) electrons. The molecule has 5 nitrogen and oxygen atoms in total. The fourth-order valence-electron chi connectivity index (χ4n) is 3.42. The van der Waals surface area contributed by atoms with Gasteiger partial charge in [-0.25, -0.2) is 4.79 Å². The molecule has 0 spiro atoms. The zero-order valence-corrected chi connectivity index (χ0v) is 17.2. The minimum absolute atomic E-state index is 0.0260. The van der Waals surface area contributed by atoms with E-state index < -0.39 is 17.5 Å². The Balaban J connectivity index is 2.78. The Morgan fingerprint density at radius 3 is 2.25 bits per heavy atom. The number of nitrogens with one attached hydrogen (secondary N) is 1. The zero-order chi connectivity index (χ0) is 18.7. The SMILES string of the molecule is C[C@H](N[S@+]([O-])C(C)(C)C)C1CCCN(C(=O)O)C(C(C)(C)C)CC1. The first kappa shape index (κ1) is 21.6. The van der Waals surface area contributed by atoms with Gasteiger partial charge in [0.1, 0.15) is 4.75 Å². The number of carbonyl (C=O) groups is 1. The lowest BCUT2D eigenvalue weighted by molar-refractivity contribution is 0.0629. The summed E-state index contributed by atoms with van der Waals surface area (Å²) in [5.41, 5.74) is -0.0782. The van der Waals surface area contributed by atoms with Crippen LogP contribution in [0.3, 0.4) is 0 Å². The van der Waals surface area contributed by atoms with E-state index in [1.54, 1.807) is 4.90 Å². The molecule has 1 heterocycles. The first-order valence-corrected chi connectivity index (χ1v) is 10.2. The third-order valence-electron chi connectivity index (χ3n) is 4.96. The maximum atomic E-state index is 12.4. The highest BCUT2D eigenvalue weighted by atomic mass is 32.2. The number of rotatable bonds is 3. The van der Waals surface area contributed by atoms with Crippen LogP contribution in [-0.2, 0) is 11.4 Å². The van der Waals surface area contributed by atoms with Crippen LogP contribution in [-0.4, -0.2) is 44.0 Å². The summed E-state index contributed by atoms with van der Waals surface area (Å²) in [5.74, 6) is 0.428. The van der Waals surface area contributed by atoms with Gasteiger partial charge >= 0.3 is 6.09 Å². The van der Waals surface area contributed by atoms with E-state index in [4.69, 9.17) is 0 Å². The summed E-state index contributed by atoms with van der Waals surface area (Å²) >= 11 is -1.07. The quantitative estimate of drug-likeness (QED) is 0.746. The predicted molar refractivity (Wildman–Crippen MR) is 100 cm³/mol. The van der Waals surface area contributed by atoms with E-state index in [1.165, 1.54) is 0 Å². The Kier molecular flexibility index (Phi) is 7.45. The molecule has 24 heavy (non-hydrogen) atoms. The van der Waals surface area contributed by atoms with Crippen LogP contribution in [0.2, 0.25) is 0 Å². The van der Waals surface area contributed by atoms with Gasteiger partial charge in [0.15, 0.2) is 0 Å². The summed E-state index contributed by atoms with van der Waals surface area (Å²) in [6.45, 7) is 14.9. The minimum atomic E-state index is -1.07. The Labute approximate surface area is 150 Å². The standard InChI is InChI=1S/C18H36N2O3S/c1-13(19-24(23)18(5,6)7)14-9-8-12-20(16(21)22)15(11-10-14)17(2,3)4/h13-15,19H,8-12H2,1-7H3,(H,21,22)/t13-,14?,15?,24+/m0/s1. The van der Waals surface area contributed by atoms with Gasteiger partial charge in [-0.3, -0.25) is 0 Å². The summed E-state index contributed by atoms with van der Waals surface area (Å²) in [7, 11) is 0. The fraction of sp³-hybridized carbons (Fsp3) is 0.944. The predicted octanol–water partition coefficient (Wildman–Crippen LogP) is 4.01. The molecule has 6 heteroatoms. The van der Waals surface area contributed by atoms with E-state index in [-0.39, 0.29) is 22.2 Å². The van der Waals surface area contributed by atoms with Gasteiger partial charge < -0.3 is 14.6 Å². The second-order valence-electron chi connectivity index (χ2n) is 9.13. The van der Waals surface area contributed by atoms with Gasteiger partial charge in [-0.15, -0.1) is 4.72 Å². The third-order valence-corrected chi connectivity index (χ3v) is 6.66. The molecule has 2 unspecified atom stereocenters. The van der Waals surface area contributed by atoms with E-state index in [0.29, 0.717) is 12.5 Å². The second kappa shape index (κ2) is 8.28. The zero-order valence-electron chi connectivity index (χ0n) is 16.4. The monoisotopic (exact) mass is 360 g/mol. The first-order chi connectivity index (χ1) is 10.8. The van der Waals surface area contributed by atoms with Crippen LogP contribution >= 0.6 is 0 Å². The molecule has 1 aliphatic rings. The lowest BCUT2D eigenvalue weighted by atomic mass is 9.78. The molecule has 1 rings (SSSR count). The summed E-state index contributed by atoms with van der Waals surface area (Å²) < 4.78 is 15.3. The van der Waals surface area contributed by atoms with Gasteiger partial charge in [-0.2, -0.15) is 0 Å². The number of likely N-dealkylation sites (tertiary alicyclic amines) is 1. The summed E-state index contributed by atoms with van der Waals surface area (Å²) in [4.78, 5) is 13.2. The molecule has 1 amide bonds. The molecule has 1 fully saturated rings. The Bertz CT molecular complexity index is 417. The van der Waals surface area contributed by atoms with Gasteiger partial charge in [-0.05, 0) is 64.7 Å². The molecular formula is C18H36N2O3S. The number of hydrogen-bond acceptors (Lipinski definition) is 3. The average molecular weight is 361 g/mol. The lowest BCUT2D eigenvalue weighted by Crippen LogP contribution is -2.50. The van der Waals surface area contributed by atoms with Crippen molar-refractivity contribution >= 4 is 17.5 Å². The normalized spacial score (nSPS) is 26.4. The number of nitrogens with zero attached hydrogens (tertiary/aromatic N) is 1. The molecule has 0 aliphatic carbocycles. The highest BCUT2D eigenvalue weighted by Crippen LogP contribution is 2.33. The van der Waals surface area contributed by atoms with Crippen molar-refractivity contribution in [2.75, 3.05) is 6.54 Å². The van der Waals surface area contributed by atoms with Crippen molar-refractivity contribution in [3.8, 4) is 0 Å². The molecule has 0 saturated carbocycles. The Morgan fingerprint density at radius 2 is 1.79 bits per heavy atom. The van der Waals surface area contributed by atoms with Crippen LogP contribution in [0.15, 0.2) is 0 Å². The van der Waals surface area contributed by atoms with Gasteiger partial charge in [0.25, 0.3) is 0 Å². The van der Waals surface area contributed by atoms with Crippen LogP contribution in [0.4, 0.5) is 4.79 Å².